The van der Waals surface area contributed by atoms with E-state index in [9.17, 15) is 9.59 Å². The molecule has 0 spiro atoms. The quantitative estimate of drug-likeness (QED) is 0.501. The molecule has 1 N–H and O–H groups in total. The Morgan fingerprint density at radius 2 is 1.90 bits per heavy atom. The van der Waals surface area contributed by atoms with Gasteiger partial charge in [-0.05, 0) is 23.1 Å². The third kappa shape index (κ3) is 3.89. The monoisotopic (exact) mass is 435 g/mol. The molecule has 0 aliphatic heterocycles. The Balaban J connectivity index is 1.75. The van der Waals surface area contributed by atoms with Crippen LogP contribution < -0.4 is 19.5 Å². The maximum Gasteiger partial charge on any atom is 0.262 e. The molecule has 4 rings (SSSR count). The normalized spacial score (nSPS) is 11.8. The van der Waals surface area contributed by atoms with Gasteiger partial charge in [-0.15, -0.1) is 0 Å². The number of ether oxygens (including phenoxy) is 2. The van der Waals surface area contributed by atoms with Gasteiger partial charge in [0.1, 0.15) is 11.9 Å². The van der Waals surface area contributed by atoms with E-state index in [2.05, 4.69) is 10.3 Å². The summed E-state index contributed by atoms with van der Waals surface area (Å²) in [5.74, 6) is 1.17. The molecule has 0 saturated carbocycles. The second kappa shape index (κ2) is 8.61. The summed E-state index contributed by atoms with van der Waals surface area (Å²) in [5, 5.41) is 4.04. The van der Waals surface area contributed by atoms with Gasteiger partial charge in [0.2, 0.25) is 4.74 Å². The molecule has 31 heavy (non-hydrogen) atoms. The van der Waals surface area contributed by atoms with Crippen molar-refractivity contribution in [3.8, 4) is 11.5 Å². The van der Waals surface area contributed by atoms with Crippen LogP contribution in [0.4, 0.5) is 0 Å². The molecule has 1 unspecified atom stereocenters. The second-order valence-electron chi connectivity index (χ2n) is 6.88. The van der Waals surface area contributed by atoms with Gasteiger partial charge in [0.15, 0.2) is 11.5 Å². The van der Waals surface area contributed by atoms with Crippen molar-refractivity contribution in [3.63, 3.8) is 0 Å². The van der Waals surface area contributed by atoms with Crippen LogP contribution in [0.5, 0.6) is 11.5 Å². The Hall–Kier alpha value is -3.65. The highest BCUT2D eigenvalue weighted by Crippen LogP contribution is 2.34. The van der Waals surface area contributed by atoms with Gasteiger partial charge in [0, 0.05) is 19.4 Å². The summed E-state index contributed by atoms with van der Waals surface area (Å²) < 4.78 is 12.3. The number of methoxy groups -OCH3 is 2. The number of benzene rings is 2. The van der Waals surface area contributed by atoms with E-state index in [4.69, 9.17) is 9.47 Å². The summed E-state index contributed by atoms with van der Waals surface area (Å²) >= 11 is 0.872. The highest BCUT2D eigenvalue weighted by Gasteiger charge is 2.23. The zero-order valence-corrected chi connectivity index (χ0v) is 18.1. The minimum atomic E-state index is -0.461. The van der Waals surface area contributed by atoms with E-state index in [1.54, 1.807) is 24.4 Å². The van der Waals surface area contributed by atoms with Crippen LogP contribution in [0.25, 0.3) is 10.8 Å². The highest BCUT2D eigenvalue weighted by molar-refractivity contribution is 7.12. The first-order valence-corrected chi connectivity index (χ1v) is 10.4. The van der Waals surface area contributed by atoms with E-state index in [1.165, 1.54) is 14.2 Å². The first-order chi connectivity index (χ1) is 15.0. The summed E-state index contributed by atoms with van der Waals surface area (Å²) in [6.45, 7) is 0. The Morgan fingerprint density at radius 3 is 2.55 bits per heavy atom. The third-order valence-electron chi connectivity index (χ3n) is 5.02. The van der Waals surface area contributed by atoms with E-state index < -0.39 is 6.04 Å². The average Bonchev–Trinajstić information content (AvgIpc) is 3.22. The molecule has 0 aliphatic rings. The number of aromatic nitrogens is 2. The predicted molar refractivity (Wildman–Crippen MR) is 120 cm³/mol. The molecule has 0 saturated heterocycles. The van der Waals surface area contributed by atoms with Crippen LogP contribution in [0.3, 0.4) is 0 Å². The molecule has 0 fully saturated rings. The first kappa shape index (κ1) is 20.6. The van der Waals surface area contributed by atoms with E-state index in [0.717, 1.165) is 16.9 Å². The van der Waals surface area contributed by atoms with Crippen molar-refractivity contribution in [1.29, 1.82) is 0 Å². The molecule has 8 heteroatoms. The molecule has 7 nitrogen and oxygen atoms in total. The summed E-state index contributed by atoms with van der Waals surface area (Å²) in [7, 11) is 4.87. The van der Waals surface area contributed by atoms with Crippen molar-refractivity contribution in [1.82, 2.24) is 14.9 Å². The lowest BCUT2D eigenvalue weighted by Crippen LogP contribution is -2.31. The van der Waals surface area contributed by atoms with Gasteiger partial charge in [-0.2, -0.15) is 0 Å². The molecule has 4 aromatic rings. The third-order valence-corrected chi connectivity index (χ3v) is 5.93. The second-order valence-corrected chi connectivity index (χ2v) is 7.89. The fourth-order valence-corrected chi connectivity index (χ4v) is 4.36. The van der Waals surface area contributed by atoms with Crippen LogP contribution >= 0.6 is 11.3 Å². The molecule has 0 radical (unpaired) electrons. The molecule has 0 aliphatic carbocycles. The van der Waals surface area contributed by atoms with Gasteiger partial charge >= 0.3 is 0 Å². The average molecular weight is 436 g/mol. The lowest BCUT2D eigenvalue weighted by atomic mass is 10.1. The number of hydrogen-bond donors (Lipinski definition) is 1. The van der Waals surface area contributed by atoms with Crippen molar-refractivity contribution in [2.24, 2.45) is 7.05 Å². The number of nitrogens with zero attached hydrogens (tertiary/aromatic N) is 2. The summed E-state index contributed by atoms with van der Waals surface area (Å²) in [6, 6.07) is 14.3. The topological polar surface area (TPSA) is 82.5 Å². The lowest BCUT2D eigenvalue weighted by Gasteiger charge is -2.19. The molecular weight excluding hydrogens is 414 g/mol. The zero-order chi connectivity index (χ0) is 22.0. The minimum Gasteiger partial charge on any atom is -0.493 e. The predicted octanol–water partition coefficient (Wildman–Crippen LogP) is 3.53. The zero-order valence-electron chi connectivity index (χ0n) is 17.3. The Morgan fingerprint density at radius 1 is 1.13 bits per heavy atom. The van der Waals surface area contributed by atoms with Crippen LogP contribution in [0.1, 0.15) is 27.1 Å². The number of carbonyl (C=O) groups is 1. The summed E-state index contributed by atoms with van der Waals surface area (Å²) in [4.78, 5) is 30.8. The Labute approximate surface area is 182 Å². The van der Waals surface area contributed by atoms with Crippen molar-refractivity contribution in [2.75, 3.05) is 14.2 Å². The number of carbonyl (C=O) groups excluding carboxylic acids is 1. The molecular formula is C23H21N3O4S. The van der Waals surface area contributed by atoms with Gasteiger partial charge in [0.05, 0.1) is 24.5 Å². The Bertz CT molecular complexity index is 1300. The van der Waals surface area contributed by atoms with Crippen LogP contribution in [0, 0.1) is 0 Å². The van der Waals surface area contributed by atoms with E-state index in [-0.39, 0.29) is 10.6 Å². The van der Waals surface area contributed by atoms with E-state index >= 15 is 0 Å². The van der Waals surface area contributed by atoms with Crippen LogP contribution in [-0.4, -0.2) is 29.7 Å². The number of nitrogens with one attached hydrogen (secondary N) is 1. The molecule has 2 heterocycles. The summed E-state index contributed by atoms with van der Waals surface area (Å²) in [6.07, 6.45) is 3.51. The number of amides is 1. The SMILES string of the molecule is COc1ccc2cc(C(=O)NC(c3ccccc3)c3nccn3C)sc(=O)c2c1OC. The standard InChI is InChI=1S/C23H21N3O4S/c1-26-12-11-24-21(26)19(14-7-5-4-6-8-14)25-22(27)17-13-15-9-10-16(29-2)20(30-3)18(15)23(28)31-17/h4-13,19H,1-3H3,(H,25,27). The smallest absolute Gasteiger partial charge is 0.262 e. The van der Waals surface area contributed by atoms with Crippen LogP contribution in [-0.2, 0) is 7.05 Å². The number of hydrogen-bond acceptors (Lipinski definition) is 6. The lowest BCUT2D eigenvalue weighted by molar-refractivity contribution is 0.0945. The van der Waals surface area contributed by atoms with Gasteiger partial charge in [-0.1, -0.05) is 47.7 Å². The molecule has 158 valence electrons. The Kier molecular flexibility index (Phi) is 5.73. The maximum absolute atomic E-state index is 13.2. The van der Waals surface area contributed by atoms with Crippen molar-refractivity contribution >= 4 is 28.0 Å². The maximum atomic E-state index is 13.2. The van der Waals surface area contributed by atoms with Gasteiger partial charge in [-0.3, -0.25) is 9.59 Å². The largest absolute Gasteiger partial charge is 0.493 e. The van der Waals surface area contributed by atoms with E-state index in [1.807, 2.05) is 48.1 Å². The number of imidazole rings is 1. The van der Waals surface area contributed by atoms with E-state index in [0.29, 0.717) is 33.0 Å². The number of fused-ring (bicyclic) bond motifs is 1. The molecule has 2 aromatic heterocycles. The number of rotatable bonds is 6. The van der Waals surface area contributed by atoms with Gasteiger partial charge in [0.25, 0.3) is 5.91 Å². The van der Waals surface area contributed by atoms with Gasteiger partial charge < -0.3 is 19.4 Å². The van der Waals surface area contributed by atoms with Crippen molar-refractivity contribution < 1.29 is 14.3 Å². The number of aryl methyl sites for hydroxylation is 1. The minimum absolute atomic E-state index is 0.272. The highest BCUT2D eigenvalue weighted by atomic mass is 32.1. The molecule has 1 amide bonds. The summed E-state index contributed by atoms with van der Waals surface area (Å²) in [5.41, 5.74) is 0.893. The molecule has 1 atom stereocenters. The fourth-order valence-electron chi connectivity index (χ4n) is 3.51. The van der Waals surface area contributed by atoms with Gasteiger partial charge in [-0.25, -0.2) is 4.98 Å². The van der Waals surface area contributed by atoms with Crippen LogP contribution in [0.2, 0.25) is 0 Å². The first-order valence-electron chi connectivity index (χ1n) is 9.55. The van der Waals surface area contributed by atoms with Crippen molar-refractivity contribution in [2.45, 2.75) is 6.04 Å². The van der Waals surface area contributed by atoms with Crippen molar-refractivity contribution in [3.05, 3.63) is 86.7 Å². The molecule has 0 bridgehead atoms. The molecule has 2 aromatic carbocycles. The fraction of sp³-hybridized carbons (Fsp3) is 0.174. The van der Waals surface area contributed by atoms with Crippen LogP contribution in [0.15, 0.2) is 65.7 Å².